The molecular weight excluding hydrogens is 622 g/mol. The molecule has 156 valence electrons. The normalized spacial score (nSPS) is 23.7. The van der Waals surface area contributed by atoms with Gasteiger partial charge in [-0.15, -0.1) is 74.0 Å². The smallest absolute Gasteiger partial charge is 0.548 e. The number of thioether (sulfide) groups is 2. The van der Waals surface area contributed by atoms with Crippen LogP contribution in [0, 0.1) is 0 Å². The molecule has 2 aliphatic rings. The van der Waals surface area contributed by atoms with Crippen LogP contribution in [0.5, 0.6) is 0 Å². The standard InChI is InChI=1S/2C6H7NO2S5.Zn/c2*8-3(9)2-1-14-6(7-2,4(10)11)5(12)13;/h2*2,7H,1H2,(H,8,9)(H,10,11)(H,12,13);/q;;+2/p-2. The molecule has 2 heterocycles. The first-order valence-corrected chi connectivity index (χ1v) is 12.4. The number of thiocarbonyl (C=S) groups is 4. The van der Waals surface area contributed by atoms with Crippen molar-refractivity contribution in [3.05, 3.63) is 0 Å². The molecule has 2 N–H and O–H groups in total. The molecule has 2 unspecified atom stereocenters. The Morgan fingerprint density at radius 2 is 1.00 bits per heavy atom. The van der Waals surface area contributed by atoms with Gasteiger partial charge in [0.2, 0.25) is 0 Å². The first-order chi connectivity index (χ1) is 12.8. The van der Waals surface area contributed by atoms with Crippen molar-refractivity contribution in [1.29, 1.82) is 0 Å². The number of hydrogen-bond donors (Lipinski definition) is 6. The minimum Gasteiger partial charge on any atom is -0.548 e. The zero-order valence-corrected chi connectivity index (χ0v) is 25.6. The number of carboxylic acid groups (broad SMARTS) is 2. The predicted molar refractivity (Wildman–Crippen MR) is 141 cm³/mol. The molecule has 2 atom stereocenters. The van der Waals surface area contributed by atoms with Crippen molar-refractivity contribution in [2.24, 2.45) is 0 Å². The fourth-order valence-corrected chi connectivity index (χ4v) is 7.66. The maximum absolute atomic E-state index is 10.6. The van der Waals surface area contributed by atoms with E-state index in [2.05, 4.69) is 61.1 Å². The van der Waals surface area contributed by atoms with Crippen LogP contribution in [-0.2, 0) is 29.1 Å². The summed E-state index contributed by atoms with van der Waals surface area (Å²) < 4.78 is 1.13. The van der Waals surface area contributed by atoms with Crippen LogP contribution >= 0.6 is 123 Å². The number of hydrogen-bond acceptors (Lipinski definition) is 12. The minimum atomic E-state index is -1.17. The molecule has 0 aromatic carbocycles. The molecule has 0 bridgehead atoms. The van der Waals surface area contributed by atoms with Gasteiger partial charge in [0.15, 0.2) is 0 Å². The number of thiol groups is 4. The average Bonchev–Trinajstić information content (AvgIpc) is 3.22. The van der Waals surface area contributed by atoms with Gasteiger partial charge in [0.1, 0.15) is 9.74 Å². The molecule has 6 nitrogen and oxygen atoms in total. The Balaban J connectivity index is 0.000000523. The van der Waals surface area contributed by atoms with Gasteiger partial charge in [-0.05, 0) is 0 Å². The Hall–Kier alpha value is 1.94. The summed E-state index contributed by atoms with van der Waals surface area (Å²) in [5, 5.41) is 26.8. The average molecular weight is 634 g/mol. The number of carboxylic acids is 2. The number of aliphatic carboxylic acids is 2. The molecule has 0 aromatic rings. The summed E-state index contributed by atoms with van der Waals surface area (Å²) in [5.74, 6) is -1.67. The van der Waals surface area contributed by atoms with Crippen LogP contribution in [0.1, 0.15) is 0 Å². The van der Waals surface area contributed by atoms with Crippen molar-refractivity contribution in [2.45, 2.75) is 21.8 Å². The van der Waals surface area contributed by atoms with Crippen LogP contribution in [0.2, 0.25) is 0 Å². The number of nitrogens with one attached hydrogen (secondary N) is 2. The molecule has 0 saturated carbocycles. The molecule has 0 amide bonds. The number of rotatable bonds is 6. The van der Waals surface area contributed by atoms with Gasteiger partial charge in [-0.2, -0.15) is 0 Å². The summed E-state index contributed by atoms with van der Waals surface area (Å²) in [6.07, 6.45) is 0. The fourth-order valence-electron chi connectivity index (χ4n) is 2.00. The van der Waals surface area contributed by atoms with E-state index in [4.69, 9.17) is 48.9 Å². The monoisotopic (exact) mass is 632 g/mol. The van der Waals surface area contributed by atoms with E-state index in [1.807, 2.05) is 0 Å². The SMILES string of the molecule is O=C([O-])C1CSC(C(=S)S)(C(=S)S)N1.O=C([O-])C1CSC(C(=S)S)(C(=S)S)N1.[Zn+2]. The summed E-state index contributed by atoms with van der Waals surface area (Å²) in [7, 11) is 0. The largest absolute Gasteiger partial charge is 2.00 e. The topological polar surface area (TPSA) is 104 Å². The Morgan fingerprint density at radius 1 is 0.759 bits per heavy atom. The molecule has 0 radical (unpaired) electrons. The van der Waals surface area contributed by atoms with Crippen LogP contribution < -0.4 is 20.8 Å². The summed E-state index contributed by atoms with van der Waals surface area (Å²) >= 11 is 38.3. The first kappa shape index (κ1) is 30.9. The van der Waals surface area contributed by atoms with Crippen LogP contribution in [0.3, 0.4) is 0 Å². The van der Waals surface area contributed by atoms with Crippen molar-refractivity contribution in [3.63, 3.8) is 0 Å². The van der Waals surface area contributed by atoms with E-state index in [1.165, 1.54) is 23.5 Å². The second-order valence-electron chi connectivity index (χ2n) is 5.24. The van der Waals surface area contributed by atoms with Crippen molar-refractivity contribution in [3.8, 4) is 0 Å². The number of carbonyl (C=O) groups is 2. The Kier molecular flexibility index (Phi) is 13.9. The van der Waals surface area contributed by atoms with Crippen LogP contribution in [0.4, 0.5) is 0 Å². The summed E-state index contributed by atoms with van der Waals surface area (Å²) in [4.78, 5) is 19.4. The van der Waals surface area contributed by atoms with Gasteiger partial charge in [-0.25, -0.2) is 0 Å². The van der Waals surface area contributed by atoms with E-state index in [1.54, 1.807) is 0 Å². The van der Waals surface area contributed by atoms with Crippen molar-refractivity contribution < 1.29 is 39.3 Å². The van der Waals surface area contributed by atoms with Gasteiger partial charge in [-0.3, -0.25) is 10.6 Å². The zero-order chi connectivity index (χ0) is 21.9. The van der Waals surface area contributed by atoms with Crippen LogP contribution in [0.25, 0.3) is 0 Å². The quantitative estimate of drug-likeness (QED) is 0.127. The van der Waals surface area contributed by atoms with E-state index in [0.29, 0.717) is 11.5 Å². The van der Waals surface area contributed by atoms with Gasteiger partial charge in [0.05, 0.1) is 40.8 Å². The third-order valence-electron chi connectivity index (χ3n) is 3.46. The molecule has 2 fully saturated rings. The van der Waals surface area contributed by atoms with E-state index >= 15 is 0 Å². The molecule has 29 heavy (non-hydrogen) atoms. The number of carbonyl (C=O) groups excluding carboxylic acids is 2. The molecule has 0 aromatic heterocycles. The molecule has 0 aliphatic carbocycles. The third-order valence-corrected chi connectivity index (χ3v) is 10.1. The zero-order valence-electron chi connectivity index (χ0n) is 14.1. The summed E-state index contributed by atoms with van der Waals surface area (Å²) in [6.45, 7) is 0. The van der Waals surface area contributed by atoms with Gasteiger partial charge in [-0.1, -0.05) is 48.9 Å². The maximum Gasteiger partial charge on any atom is 2.00 e. The Morgan fingerprint density at radius 3 is 1.10 bits per heavy atom. The van der Waals surface area contributed by atoms with Crippen LogP contribution in [-0.4, -0.2) is 62.1 Å². The van der Waals surface area contributed by atoms with Gasteiger partial charge < -0.3 is 19.8 Å². The fraction of sp³-hybridized carbons (Fsp3) is 0.500. The third kappa shape index (κ3) is 7.47. The van der Waals surface area contributed by atoms with E-state index in [-0.39, 0.29) is 36.3 Å². The molecular formula is C12H12N2O4S10Zn. The van der Waals surface area contributed by atoms with Gasteiger partial charge >= 0.3 is 19.5 Å². The molecule has 17 heteroatoms. The molecule has 0 spiro atoms. The van der Waals surface area contributed by atoms with Crippen molar-refractivity contribution in [2.75, 3.05) is 11.5 Å². The second kappa shape index (κ2) is 13.0. The molecule has 2 saturated heterocycles. The summed E-state index contributed by atoms with van der Waals surface area (Å²) in [6, 6.07) is -1.54. The van der Waals surface area contributed by atoms with E-state index < -0.39 is 33.8 Å². The first-order valence-electron chi connectivity index (χ1n) is 6.98. The van der Waals surface area contributed by atoms with Gasteiger partial charge in [0, 0.05) is 11.5 Å². The summed E-state index contributed by atoms with van der Waals surface area (Å²) in [5.41, 5.74) is 0. The van der Waals surface area contributed by atoms with E-state index in [0.717, 1.165) is 0 Å². The second-order valence-corrected chi connectivity index (χ2v) is 12.3. The molecule has 2 rings (SSSR count). The van der Waals surface area contributed by atoms with Crippen LogP contribution in [0.15, 0.2) is 0 Å². The maximum atomic E-state index is 10.6. The van der Waals surface area contributed by atoms with E-state index in [9.17, 15) is 19.8 Å². The van der Waals surface area contributed by atoms with Crippen molar-refractivity contribution in [1.82, 2.24) is 10.6 Å². The Labute approximate surface area is 232 Å². The van der Waals surface area contributed by atoms with Gasteiger partial charge in [0.25, 0.3) is 0 Å². The Bertz CT molecular complexity index is 647. The van der Waals surface area contributed by atoms with Crippen molar-refractivity contribution >= 4 is 152 Å². The minimum absolute atomic E-state index is 0. The molecule has 2 aliphatic heterocycles. The predicted octanol–water partition coefficient (Wildman–Crippen LogP) is -0.698.